The van der Waals surface area contributed by atoms with Gasteiger partial charge in [-0.15, -0.1) is 0 Å². The van der Waals surface area contributed by atoms with Crippen molar-refractivity contribution < 1.29 is 14.3 Å². The van der Waals surface area contributed by atoms with Crippen molar-refractivity contribution in [3.63, 3.8) is 0 Å². The molecule has 2 N–H and O–H groups in total. The molecule has 0 aromatic heterocycles. The summed E-state index contributed by atoms with van der Waals surface area (Å²) >= 11 is 0. The van der Waals surface area contributed by atoms with Gasteiger partial charge in [-0.2, -0.15) is 0 Å². The summed E-state index contributed by atoms with van der Waals surface area (Å²) < 4.78 is 5.07. The van der Waals surface area contributed by atoms with Crippen LogP contribution in [0.15, 0.2) is 24.3 Å². The zero-order valence-electron chi connectivity index (χ0n) is 13.2. The van der Waals surface area contributed by atoms with E-state index in [4.69, 9.17) is 4.74 Å². The van der Waals surface area contributed by atoms with Gasteiger partial charge >= 0.3 is 0 Å². The van der Waals surface area contributed by atoms with Gasteiger partial charge in [-0.25, -0.2) is 0 Å². The SMILES string of the molecule is CCOCCC(=O)NNC(=O)c1ccc(C(C)(C)C)cc1. The number of amides is 2. The molecule has 0 saturated carbocycles. The highest BCUT2D eigenvalue weighted by Gasteiger charge is 2.14. The lowest BCUT2D eigenvalue weighted by atomic mass is 9.87. The fourth-order valence-corrected chi connectivity index (χ4v) is 1.69. The molecule has 0 saturated heterocycles. The van der Waals surface area contributed by atoms with E-state index in [1.165, 1.54) is 0 Å². The normalized spacial score (nSPS) is 11.0. The topological polar surface area (TPSA) is 67.4 Å². The van der Waals surface area contributed by atoms with Crippen LogP contribution in [0.4, 0.5) is 0 Å². The van der Waals surface area contributed by atoms with Crippen LogP contribution in [0.5, 0.6) is 0 Å². The Morgan fingerprint density at radius 1 is 1.10 bits per heavy atom. The summed E-state index contributed by atoms with van der Waals surface area (Å²) in [5, 5.41) is 0. The predicted octanol–water partition coefficient (Wildman–Crippen LogP) is 2.17. The zero-order valence-corrected chi connectivity index (χ0v) is 13.2. The average molecular weight is 292 g/mol. The van der Waals surface area contributed by atoms with Gasteiger partial charge in [0.25, 0.3) is 5.91 Å². The Kier molecular flexibility index (Phi) is 6.37. The molecule has 0 aliphatic heterocycles. The van der Waals surface area contributed by atoms with Gasteiger partial charge in [0.05, 0.1) is 13.0 Å². The first-order valence-electron chi connectivity index (χ1n) is 7.12. The Morgan fingerprint density at radius 2 is 1.71 bits per heavy atom. The maximum absolute atomic E-state index is 11.9. The molecule has 1 aromatic carbocycles. The molecule has 0 radical (unpaired) electrons. The molecule has 2 amide bonds. The van der Waals surface area contributed by atoms with Gasteiger partial charge in [0.15, 0.2) is 0 Å². The summed E-state index contributed by atoms with van der Waals surface area (Å²) in [5.74, 6) is -0.608. The van der Waals surface area contributed by atoms with Gasteiger partial charge in [-0.05, 0) is 30.0 Å². The molecule has 0 aliphatic carbocycles. The van der Waals surface area contributed by atoms with Crippen LogP contribution in [0.3, 0.4) is 0 Å². The molecule has 0 heterocycles. The van der Waals surface area contributed by atoms with E-state index >= 15 is 0 Å². The molecule has 1 rings (SSSR count). The van der Waals surface area contributed by atoms with Gasteiger partial charge in [0.1, 0.15) is 0 Å². The van der Waals surface area contributed by atoms with Crippen LogP contribution in [-0.4, -0.2) is 25.0 Å². The number of nitrogens with one attached hydrogen (secondary N) is 2. The highest BCUT2D eigenvalue weighted by molar-refractivity contribution is 5.95. The number of ether oxygens (including phenoxy) is 1. The minimum atomic E-state index is -0.333. The number of carbonyl (C=O) groups is 2. The first kappa shape index (κ1) is 17.2. The lowest BCUT2D eigenvalue weighted by Crippen LogP contribution is -2.41. The minimum Gasteiger partial charge on any atom is -0.381 e. The molecule has 5 heteroatoms. The van der Waals surface area contributed by atoms with Crippen molar-refractivity contribution >= 4 is 11.8 Å². The number of hydrogen-bond donors (Lipinski definition) is 2. The second-order valence-corrected chi connectivity index (χ2v) is 5.78. The molecule has 116 valence electrons. The highest BCUT2D eigenvalue weighted by Crippen LogP contribution is 2.22. The summed E-state index contributed by atoms with van der Waals surface area (Å²) in [6.45, 7) is 9.11. The molecule has 1 aromatic rings. The van der Waals surface area contributed by atoms with E-state index < -0.39 is 0 Å². The number of hydrazine groups is 1. The number of rotatable bonds is 5. The smallest absolute Gasteiger partial charge is 0.269 e. The molecule has 0 spiro atoms. The fraction of sp³-hybridized carbons (Fsp3) is 0.500. The largest absolute Gasteiger partial charge is 0.381 e. The highest BCUT2D eigenvalue weighted by atomic mass is 16.5. The van der Waals surface area contributed by atoms with Crippen LogP contribution in [0.2, 0.25) is 0 Å². The number of benzene rings is 1. The molecule has 0 atom stereocenters. The predicted molar refractivity (Wildman–Crippen MR) is 81.9 cm³/mol. The lowest BCUT2D eigenvalue weighted by molar-refractivity contribution is -0.122. The molecule has 5 nitrogen and oxygen atoms in total. The van der Waals surface area contributed by atoms with Gasteiger partial charge in [-0.3, -0.25) is 20.4 Å². The van der Waals surface area contributed by atoms with Crippen molar-refractivity contribution in [3.8, 4) is 0 Å². The summed E-state index contributed by atoms with van der Waals surface area (Å²) in [6, 6.07) is 7.35. The van der Waals surface area contributed by atoms with E-state index in [1.807, 2.05) is 19.1 Å². The third-order valence-electron chi connectivity index (χ3n) is 3.01. The first-order chi connectivity index (χ1) is 9.84. The second kappa shape index (κ2) is 7.78. The van der Waals surface area contributed by atoms with E-state index in [-0.39, 0.29) is 23.7 Å². The Morgan fingerprint density at radius 3 is 2.24 bits per heavy atom. The van der Waals surface area contributed by atoms with E-state index in [2.05, 4.69) is 31.6 Å². The van der Waals surface area contributed by atoms with Gasteiger partial charge in [-0.1, -0.05) is 32.9 Å². The van der Waals surface area contributed by atoms with Gasteiger partial charge < -0.3 is 4.74 Å². The third-order valence-corrected chi connectivity index (χ3v) is 3.01. The van der Waals surface area contributed by atoms with Crippen molar-refractivity contribution in [2.45, 2.75) is 39.5 Å². The van der Waals surface area contributed by atoms with E-state index in [0.29, 0.717) is 18.8 Å². The van der Waals surface area contributed by atoms with Crippen LogP contribution in [-0.2, 0) is 14.9 Å². The summed E-state index contributed by atoms with van der Waals surface area (Å²) in [5.41, 5.74) is 6.46. The van der Waals surface area contributed by atoms with Crippen molar-refractivity contribution in [1.82, 2.24) is 10.9 Å². The van der Waals surface area contributed by atoms with E-state index in [0.717, 1.165) is 5.56 Å². The Balaban J connectivity index is 2.47. The standard InChI is InChI=1S/C16H24N2O3/c1-5-21-11-10-14(19)17-18-15(20)12-6-8-13(9-7-12)16(2,3)4/h6-9H,5,10-11H2,1-4H3,(H,17,19)(H,18,20). The maximum atomic E-state index is 11.9. The van der Waals surface area contributed by atoms with Crippen LogP contribution in [0.1, 0.15) is 50.0 Å². The van der Waals surface area contributed by atoms with Gasteiger partial charge in [0, 0.05) is 12.2 Å². The lowest BCUT2D eigenvalue weighted by Gasteiger charge is -2.19. The quantitative estimate of drug-likeness (QED) is 0.645. The van der Waals surface area contributed by atoms with Crippen molar-refractivity contribution in [2.24, 2.45) is 0 Å². The number of hydrogen-bond acceptors (Lipinski definition) is 3. The molecule has 0 unspecified atom stereocenters. The van der Waals surface area contributed by atoms with Crippen molar-refractivity contribution in [1.29, 1.82) is 0 Å². The third kappa shape index (κ3) is 5.95. The van der Waals surface area contributed by atoms with E-state index in [9.17, 15) is 9.59 Å². The van der Waals surface area contributed by atoms with Crippen molar-refractivity contribution in [2.75, 3.05) is 13.2 Å². The van der Waals surface area contributed by atoms with Crippen LogP contribution in [0, 0.1) is 0 Å². The monoisotopic (exact) mass is 292 g/mol. The average Bonchev–Trinajstić information content (AvgIpc) is 2.44. The molecule has 0 aliphatic rings. The van der Waals surface area contributed by atoms with Crippen LogP contribution in [0.25, 0.3) is 0 Å². The summed E-state index contributed by atoms with van der Waals surface area (Å²) in [4.78, 5) is 23.3. The van der Waals surface area contributed by atoms with Crippen LogP contribution >= 0.6 is 0 Å². The number of carbonyl (C=O) groups excluding carboxylic acids is 2. The second-order valence-electron chi connectivity index (χ2n) is 5.78. The molecule has 0 bridgehead atoms. The summed E-state index contributed by atoms with van der Waals surface area (Å²) in [7, 11) is 0. The van der Waals surface area contributed by atoms with E-state index in [1.54, 1.807) is 12.1 Å². The Hall–Kier alpha value is -1.88. The molecule has 0 fully saturated rings. The molecule has 21 heavy (non-hydrogen) atoms. The minimum absolute atomic E-state index is 0.0441. The summed E-state index contributed by atoms with van der Waals surface area (Å²) in [6.07, 6.45) is 0.219. The van der Waals surface area contributed by atoms with Crippen molar-refractivity contribution in [3.05, 3.63) is 35.4 Å². The fourth-order valence-electron chi connectivity index (χ4n) is 1.69. The first-order valence-corrected chi connectivity index (χ1v) is 7.12. The molecular weight excluding hydrogens is 268 g/mol. The Labute approximate surface area is 126 Å². The zero-order chi connectivity index (χ0) is 15.9. The van der Waals surface area contributed by atoms with Gasteiger partial charge in [0.2, 0.25) is 5.91 Å². The van der Waals surface area contributed by atoms with Crippen LogP contribution < -0.4 is 10.9 Å². The Bertz CT molecular complexity index is 475. The maximum Gasteiger partial charge on any atom is 0.269 e. The molecular formula is C16H24N2O3.